The molecule has 0 bridgehead atoms. The minimum atomic E-state index is 0.137. The molecule has 0 saturated carbocycles. The van der Waals surface area contributed by atoms with Gasteiger partial charge in [-0.1, -0.05) is 0 Å². The van der Waals surface area contributed by atoms with Crippen molar-refractivity contribution in [2.75, 3.05) is 13.7 Å². The van der Waals surface area contributed by atoms with Crippen molar-refractivity contribution >= 4 is 19.4 Å². The maximum absolute atomic E-state index is 5.90. The van der Waals surface area contributed by atoms with Crippen LogP contribution in [-0.4, -0.2) is 28.7 Å². The van der Waals surface area contributed by atoms with Crippen molar-refractivity contribution in [3.05, 3.63) is 65.2 Å². The van der Waals surface area contributed by atoms with Crippen molar-refractivity contribution in [1.29, 1.82) is 0 Å². The topological polar surface area (TPSA) is 18.5 Å². The average Bonchev–Trinajstić information content (AvgIpc) is 2.63. The van der Waals surface area contributed by atoms with Crippen molar-refractivity contribution in [3.8, 4) is 0 Å². The molecule has 0 saturated heterocycles. The first kappa shape index (κ1) is 20.2. The summed E-state index contributed by atoms with van der Waals surface area (Å²) in [6, 6.07) is 17.2. The van der Waals surface area contributed by atoms with Gasteiger partial charge in [-0.3, -0.25) is 0 Å². The van der Waals surface area contributed by atoms with Crippen LogP contribution in [0.5, 0.6) is 0 Å². The van der Waals surface area contributed by atoms with Gasteiger partial charge in [0.1, 0.15) is 0 Å². The van der Waals surface area contributed by atoms with E-state index >= 15 is 0 Å². The summed E-state index contributed by atoms with van der Waals surface area (Å²) in [6.07, 6.45) is 0.287. The molecule has 2 aromatic rings. The predicted octanol–water partition coefficient (Wildman–Crippen LogP) is 5.04. The fourth-order valence-electron chi connectivity index (χ4n) is 2.98. The molecular weight excluding hydrogens is 375 g/mol. The Hall–Kier alpha value is -1.12. The van der Waals surface area contributed by atoms with Crippen molar-refractivity contribution in [1.82, 2.24) is 0 Å². The number of rotatable bonds is 9. The van der Waals surface area contributed by atoms with Crippen LogP contribution in [0.25, 0.3) is 0 Å². The van der Waals surface area contributed by atoms with E-state index in [2.05, 4.69) is 76.2 Å². The van der Waals surface area contributed by atoms with Gasteiger partial charge in [0.15, 0.2) is 0 Å². The zero-order valence-corrected chi connectivity index (χ0v) is 17.7. The van der Waals surface area contributed by atoms with E-state index < -0.39 is 0 Å². The van der Waals surface area contributed by atoms with Crippen LogP contribution in [0.15, 0.2) is 48.5 Å². The first-order chi connectivity index (χ1) is 12.1. The first-order valence-electron chi connectivity index (χ1n) is 9.03. The molecular formula is C22H30O2Se. The summed E-state index contributed by atoms with van der Waals surface area (Å²) in [5.41, 5.74) is 4.05. The fourth-order valence-corrected chi connectivity index (χ4v) is 6.17. The number of hydrogen-bond acceptors (Lipinski definition) is 2. The average molecular weight is 405 g/mol. The van der Waals surface area contributed by atoms with Gasteiger partial charge in [-0.2, -0.15) is 0 Å². The van der Waals surface area contributed by atoms with Gasteiger partial charge in [-0.25, -0.2) is 0 Å². The van der Waals surface area contributed by atoms with Crippen molar-refractivity contribution in [3.63, 3.8) is 0 Å². The minimum absolute atomic E-state index is 0.137. The Kier molecular flexibility index (Phi) is 8.18. The van der Waals surface area contributed by atoms with Crippen LogP contribution < -0.4 is 4.46 Å². The quantitative estimate of drug-likeness (QED) is 0.544. The second-order valence-corrected chi connectivity index (χ2v) is 8.63. The Balaban J connectivity index is 2.27. The van der Waals surface area contributed by atoms with Crippen LogP contribution in [0.2, 0.25) is 5.32 Å². The van der Waals surface area contributed by atoms with Crippen molar-refractivity contribution in [2.24, 2.45) is 0 Å². The molecule has 2 aromatic carbocycles. The van der Waals surface area contributed by atoms with Gasteiger partial charge in [0.25, 0.3) is 0 Å². The third kappa shape index (κ3) is 5.42. The third-order valence-electron chi connectivity index (χ3n) is 4.39. The maximum atomic E-state index is 5.90. The van der Waals surface area contributed by atoms with E-state index in [1.165, 1.54) is 21.2 Å². The molecule has 0 N–H and O–H groups in total. The van der Waals surface area contributed by atoms with E-state index in [-0.39, 0.29) is 12.2 Å². The molecule has 1 unspecified atom stereocenters. The molecule has 0 amide bonds. The molecule has 0 aliphatic rings. The van der Waals surface area contributed by atoms with Gasteiger partial charge in [0.05, 0.1) is 0 Å². The Morgan fingerprint density at radius 1 is 0.920 bits per heavy atom. The zero-order chi connectivity index (χ0) is 18.2. The van der Waals surface area contributed by atoms with Crippen molar-refractivity contribution < 1.29 is 9.47 Å². The summed E-state index contributed by atoms with van der Waals surface area (Å²) in [4.78, 5) is 0. The third-order valence-corrected chi connectivity index (χ3v) is 6.97. The Morgan fingerprint density at radius 3 is 2.20 bits per heavy atom. The molecule has 0 aromatic heterocycles. The zero-order valence-electron chi connectivity index (χ0n) is 16.0. The molecule has 2 rings (SSSR count). The van der Waals surface area contributed by atoms with Gasteiger partial charge in [0.2, 0.25) is 0 Å². The summed E-state index contributed by atoms with van der Waals surface area (Å²) in [6.45, 7) is 9.51. The standard InChI is InChI=1S/C22H30O2Se/c1-6-24-17(4)20-14-10-13-19(16(2)3)22(20)25-15-21(23-5)18-11-8-7-9-12-18/h7-14,16-17,21H,6,15H2,1-5H3/t17-,21?/m0/s1. The van der Waals surface area contributed by atoms with Gasteiger partial charge in [-0.15, -0.1) is 0 Å². The Morgan fingerprint density at radius 2 is 1.60 bits per heavy atom. The van der Waals surface area contributed by atoms with Crippen LogP contribution in [0.3, 0.4) is 0 Å². The predicted molar refractivity (Wildman–Crippen MR) is 107 cm³/mol. The molecule has 0 aliphatic carbocycles. The van der Waals surface area contributed by atoms with Crippen LogP contribution in [0.4, 0.5) is 0 Å². The van der Waals surface area contributed by atoms with Crippen LogP contribution >= 0.6 is 0 Å². The van der Waals surface area contributed by atoms with Gasteiger partial charge in [-0.05, 0) is 0 Å². The molecule has 2 atom stereocenters. The Bertz CT molecular complexity index is 640. The summed E-state index contributed by atoms with van der Waals surface area (Å²) >= 11 is 0.331. The summed E-state index contributed by atoms with van der Waals surface area (Å²) < 4.78 is 13.2. The van der Waals surface area contributed by atoms with Gasteiger partial charge < -0.3 is 0 Å². The van der Waals surface area contributed by atoms with E-state index in [1.807, 2.05) is 7.11 Å². The van der Waals surface area contributed by atoms with E-state index in [0.717, 1.165) is 11.9 Å². The molecule has 0 aliphatic heterocycles. The molecule has 136 valence electrons. The van der Waals surface area contributed by atoms with Crippen LogP contribution in [0, 0.1) is 0 Å². The summed E-state index contributed by atoms with van der Waals surface area (Å²) in [5, 5.41) is 1.03. The number of hydrogen-bond donors (Lipinski definition) is 0. The van der Waals surface area contributed by atoms with Crippen molar-refractivity contribution in [2.45, 2.75) is 51.1 Å². The van der Waals surface area contributed by atoms with E-state index in [4.69, 9.17) is 9.47 Å². The van der Waals surface area contributed by atoms with E-state index in [1.54, 1.807) is 0 Å². The van der Waals surface area contributed by atoms with E-state index in [0.29, 0.717) is 20.9 Å². The number of methoxy groups -OCH3 is 1. The molecule has 0 spiro atoms. The first-order valence-corrected chi connectivity index (χ1v) is 11.1. The Labute approximate surface area is 159 Å². The molecule has 0 radical (unpaired) electrons. The molecule has 3 heteroatoms. The summed E-state index contributed by atoms with van der Waals surface area (Å²) in [5.74, 6) is 0.517. The molecule has 25 heavy (non-hydrogen) atoms. The SMILES string of the molecule is CCO[C@@H](C)c1cccc(C(C)C)c1[Se]CC(OC)c1ccccc1. The molecule has 2 nitrogen and oxygen atoms in total. The molecule has 0 fully saturated rings. The van der Waals surface area contributed by atoms with Gasteiger partial charge in [0, 0.05) is 0 Å². The summed E-state index contributed by atoms with van der Waals surface area (Å²) in [7, 11) is 1.81. The van der Waals surface area contributed by atoms with Gasteiger partial charge >= 0.3 is 159 Å². The fraction of sp³-hybridized carbons (Fsp3) is 0.455. The second-order valence-electron chi connectivity index (χ2n) is 6.46. The normalized spacial score (nSPS) is 13.8. The van der Waals surface area contributed by atoms with E-state index in [9.17, 15) is 0 Å². The van der Waals surface area contributed by atoms with Crippen LogP contribution in [0.1, 0.15) is 62.5 Å². The van der Waals surface area contributed by atoms with Crippen LogP contribution in [-0.2, 0) is 9.47 Å². The monoisotopic (exact) mass is 406 g/mol. The second kappa shape index (κ2) is 10.1. The molecule has 0 heterocycles. The number of benzene rings is 2. The number of ether oxygens (including phenoxy) is 2.